The van der Waals surface area contributed by atoms with Gasteiger partial charge >= 0.3 is 12.0 Å². The van der Waals surface area contributed by atoms with E-state index in [0.29, 0.717) is 13.1 Å². The van der Waals surface area contributed by atoms with Gasteiger partial charge in [-0.2, -0.15) is 0 Å². The second kappa shape index (κ2) is 7.12. The molecule has 1 aromatic heterocycles. The van der Waals surface area contributed by atoms with Crippen LogP contribution in [0.15, 0.2) is 12.5 Å². The van der Waals surface area contributed by atoms with Gasteiger partial charge in [0, 0.05) is 33.4 Å². The molecule has 0 saturated heterocycles. The summed E-state index contributed by atoms with van der Waals surface area (Å²) in [5, 5.41) is 13.7. The van der Waals surface area contributed by atoms with Crippen molar-refractivity contribution in [3.8, 4) is 0 Å². The Balaban J connectivity index is 2.34. The minimum atomic E-state index is -1.10. The van der Waals surface area contributed by atoms with E-state index in [-0.39, 0.29) is 24.2 Å². The number of likely N-dealkylation sites (N-methyl/N-ethyl adjacent to an activating group) is 2. The molecule has 0 unspecified atom stereocenters. The van der Waals surface area contributed by atoms with Gasteiger partial charge in [0.2, 0.25) is 5.91 Å². The molecule has 20 heavy (non-hydrogen) atoms. The molecule has 0 fully saturated rings. The summed E-state index contributed by atoms with van der Waals surface area (Å²) in [6.45, 7) is 0.655. The predicted molar refractivity (Wildman–Crippen MR) is 69.3 cm³/mol. The van der Waals surface area contributed by atoms with E-state index in [4.69, 9.17) is 5.11 Å². The molecule has 3 amide bonds. The lowest BCUT2D eigenvalue weighted by atomic mass is 10.5. The normalized spacial score (nSPS) is 9.90. The van der Waals surface area contributed by atoms with Gasteiger partial charge in [0.25, 0.3) is 0 Å². The predicted octanol–water partition coefficient (Wildman–Crippen LogP) is -1.03. The number of nitrogens with zero attached hydrogens (tertiary/aromatic N) is 3. The maximum atomic E-state index is 11.6. The average Bonchev–Trinajstić information content (AvgIpc) is 2.87. The zero-order valence-corrected chi connectivity index (χ0v) is 11.3. The van der Waals surface area contributed by atoms with Crippen LogP contribution in [0.1, 0.15) is 10.5 Å². The second-order valence-corrected chi connectivity index (χ2v) is 4.06. The number of nitrogens with one attached hydrogen (secondary N) is 2. The van der Waals surface area contributed by atoms with Crippen LogP contribution in [0.25, 0.3) is 0 Å². The molecular formula is C11H17N5O4. The maximum Gasteiger partial charge on any atom is 0.356 e. The van der Waals surface area contributed by atoms with Gasteiger partial charge in [-0.25, -0.2) is 14.6 Å². The Morgan fingerprint density at radius 2 is 2.15 bits per heavy atom. The Hall–Kier alpha value is -2.58. The van der Waals surface area contributed by atoms with Gasteiger partial charge in [0.15, 0.2) is 5.69 Å². The third-order valence-electron chi connectivity index (χ3n) is 2.50. The van der Waals surface area contributed by atoms with Crippen molar-refractivity contribution in [2.75, 3.05) is 27.2 Å². The Labute approximate surface area is 115 Å². The Morgan fingerprint density at radius 1 is 1.45 bits per heavy atom. The summed E-state index contributed by atoms with van der Waals surface area (Å²) in [4.78, 5) is 38.3. The van der Waals surface area contributed by atoms with Crippen molar-refractivity contribution < 1.29 is 19.5 Å². The van der Waals surface area contributed by atoms with Crippen molar-refractivity contribution in [2.45, 2.75) is 6.54 Å². The number of imidazole rings is 1. The first kappa shape index (κ1) is 15.5. The quantitative estimate of drug-likeness (QED) is 0.617. The van der Waals surface area contributed by atoms with Gasteiger partial charge in [-0.15, -0.1) is 0 Å². The molecule has 1 rings (SSSR count). The molecule has 3 N–H and O–H groups in total. The van der Waals surface area contributed by atoms with Crippen LogP contribution in [0.3, 0.4) is 0 Å². The smallest absolute Gasteiger partial charge is 0.356 e. The molecule has 110 valence electrons. The number of carboxylic acids is 1. The first-order valence-electron chi connectivity index (χ1n) is 5.88. The lowest BCUT2D eigenvalue weighted by Crippen LogP contribution is -2.43. The molecule has 0 bridgehead atoms. The summed E-state index contributed by atoms with van der Waals surface area (Å²) in [5.41, 5.74) is -0.0481. The van der Waals surface area contributed by atoms with E-state index in [9.17, 15) is 14.4 Å². The zero-order chi connectivity index (χ0) is 15.1. The van der Waals surface area contributed by atoms with E-state index in [1.807, 2.05) is 0 Å². The van der Waals surface area contributed by atoms with Crippen molar-refractivity contribution in [3.05, 3.63) is 18.2 Å². The van der Waals surface area contributed by atoms with Crippen LogP contribution in [0.2, 0.25) is 0 Å². The molecule has 0 aliphatic carbocycles. The monoisotopic (exact) mass is 283 g/mol. The number of carboxylic acid groups (broad SMARTS) is 1. The van der Waals surface area contributed by atoms with Gasteiger partial charge in [-0.05, 0) is 0 Å². The van der Waals surface area contributed by atoms with E-state index in [0.717, 1.165) is 0 Å². The van der Waals surface area contributed by atoms with Crippen molar-refractivity contribution in [1.82, 2.24) is 25.1 Å². The Kier molecular flexibility index (Phi) is 5.51. The van der Waals surface area contributed by atoms with Crippen molar-refractivity contribution >= 4 is 17.9 Å². The molecule has 0 saturated carbocycles. The molecular weight excluding hydrogens is 266 g/mol. The number of hydrogen-bond donors (Lipinski definition) is 3. The Bertz CT molecular complexity index is 499. The molecule has 9 nitrogen and oxygen atoms in total. The number of urea groups is 1. The highest BCUT2D eigenvalue weighted by Crippen LogP contribution is 1.95. The maximum absolute atomic E-state index is 11.6. The van der Waals surface area contributed by atoms with E-state index < -0.39 is 5.97 Å². The number of aromatic nitrogens is 2. The lowest BCUT2D eigenvalue weighted by Gasteiger charge is -2.16. The fraction of sp³-hybridized carbons (Fsp3) is 0.455. The fourth-order valence-corrected chi connectivity index (χ4v) is 1.39. The number of carbonyl (C=O) groups is 3. The minimum Gasteiger partial charge on any atom is -0.476 e. The van der Waals surface area contributed by atoms with Crippen LogP contribution in [0, 0.1) is 0 Å². The van der Waals surface area contributed by atoms with Gasteiger partial charge in [0.05, 0.1) is 6.33 Å². The average molecular weight is 283 g/mol. The zero-order valence-electron chi connectivity index (χ0n) is 11.3. The van der Waals surface area contributed by atoms with E-state index in [1.54, 1.807) is 4.57 Å². The molecule has 0 aliphatic heterocycles. The minimum absolute atomic E-state index is 0.0312. The van der Waals surface area contributed by atoms with Crippen LogP contribution in [0.5, 0.6) is 0 Å². The molecule has 1 aromatic rings. The molecule has 0 spiro atoms. The van der Waals surface area contributed by atoms with E-state index in [2.05, 4.69) is 15.6 Å². The highest BCUT2D eigenvalue weighted by Gasteiger charge is 2.11. The number of carbonyl (C=O) groups excluding carboxylic acids is 2. The molecule has 0 radical (unpaired) electrons. The van der Waals surface area contributed by atoms with Gasteiger partial charge in [-0.3, -0.25) is 4.79 Å². The van der Waals surface area contributed by atoms with Crippen molar-refractivity contribution in [2.24, 2.45) is 0 Å². The summed E-state index contributed by atoms with van der Waals surface area (Å²) in [5.74, 6) is -1.36. The standard InChI is InChI=1S/C11H17N5O4/c1-12-9(17)6-15(2)11(20)13-3-4-16-5-8(10(18)19)14-7-16/h5,7H,3-4,6H2,1-2H3,(H,12,17)(H,13,20)(H,18,19). The number of aromatic carboxylic acids is 1. The first-order valence-corrected chi connectivity index (χ1v) is 5.88. The van der Waals surface area contributed by atoms with Gasteiger partial charge in [0.1, 0.15) is 6.54 Å². The number of amides is 3. The summed E-state index contributed by atoms with van der Waals surface area (Å²) in [6, 6.07) is -0.382. The van der Waals surface area contributed by atoms with Gasteiger partial charge in [-0.1, -0.05) is 0 Å². The topological polar surface area (TPSA) is 117 Å². The van der Waals surface area contributed by atoms with E-state index in [1.165, 1.54) is 31.5 Å². The van der Waals surface area contributed by atoms with Crippen LogP contribution in [0.4, 0.5) is 4.79 Å². The van der Waals surface area contributed by atoms with Crippen LogP contribution >= 0.6 is 0 Å². The largest absolute Gasteiger partial charge is 0.476 e. The van der Waals surface area contributed by atoms with Crippen LogP contribution in [-0.2, 0) is 11.3 Å². The first-order chi connectivity index (χ1) is 9.43. The van der Waals surface area contributed by atoms with E-state index >= 15 is 0 Å². The molecule has 1 heterocycles. The van der Waals surface area contributed by atoms with Gasteiger partial charge < -0.3 is 25.2 Å². The highest BCUT2D eigenvalue weighted by molar-refractivity contribution is 5.85. The SMILES string of the molecule is CNC(=O)CN(C)C(=O)NCCn1cnc(C(=O)O)c1. The lowest BCUT2D eigenvalue weighted by molar-refractivity contribution is -0.120. The third kappa shape index (κ3) is 4.59. The third-order valence-corrected chi connectivity index (χ3v) is 2.50. The Morgan fingerprint density at radius 3 is 2.70 bits per heavy atom. The summed E-state index contributed by atoms with van der Waals surface area (Å²) < 4.78 is 1.56. The summed E-state index contributed by atoms with van der Waals surface area (Å²) >= 11 is 0. The second-order valence-electron chi connectivity index (χ2n) is 4.06. The molecule has 0 aromatic carbocycles. The summed E-state index contributed by atoms with van der Waals surface area (Å²) in [7, 11) is 3.00. The van der Waals surface area contributed by atoms with Crippen LogP contribution < -0.4 is 10.6 Å². The number of hydrogen-bond acceptors (Lipinski definition) is 4. The van der Waals surface area contributed by atoms with Crippen molar-refractivity contribution in [1.29, 1.82) is 0 Å². The fourth-order valence-electron chi connectivity index (χ4n) is 1.39. The molecule has 9 heteroatoms. The van der Waals surface area contributed by atoms with Crippen LogP contribution in [-0.4, -0.2) is 64.6 Å². The summed E-state index contributed by atoms with van der Waals surface area (Å²) in [6.07, 6.45) is 2.76. The molecule has 0 atom stereocenters. The number of rotatable bonds is 6. The molecule has 0 aliphatic rings. The highest BCUT2D eigenvalue weighted by atomic mass is 16.4. The van der Waals surface area contributed by atoms with Crippen molar-refractivity contribution in [3.63, 3.8) is 0 Å².